The molecule has 0 spiro atoms. The number of unbranched alkanes of at least 4 members (excludes halogenated alkanes) is 1. The molecule has 1 heterocycles. The fraction of sp³-hybridized carbons (Fsp3) is 0.412. The van der Waals surface area contributed by atoms with Crippen LogP contribution in [-0.2, 0) is 4.79 Å². The lowest BCUT2D eigenvalue weighted by Crippen LogP contribution is -2.47. The minimum Gasteiger partial charge on any atom is -0.495 e. The Bertz CT molecular complexity index is 1290. The molecule has 4 rings (SSSR count). The van der Waals surface area contributed by atoms with E-state index >= 15 is 0 Å². The Kier molecular flexibility index (Phi) is 10.7. The van der Waals surface area contributed by atoms with E-state index in [1.54, 1.807) is 7.11 Å². The molecule has 0 radical (unpaired) electrons. The SMILES string of the molecule is CCCCC(CC)C(=O)Nc1ccc(N2CCN(c3ccccc3OC)CC2)c(C(=O)NC(C)c2ccccc2)c1. The third-order valence-corrected chi connectivity index (χ3v) is 7.97. The van der Waals surface area contributed by atoms with Crippen molar-refractivity contribution in [3.05, 3.63) is 83.9 Å². The number of carbonyl (C=O) groups excluding carboxylic acids is 2. The fourth-order valence-corrected chi connectivity index (χ4v) is 5.47. The van der Waals surface area contributed by atoms with Crippen LogP contribution >= 0.6 is 0 Å². The number of anilines is 3. The highest BCUT2D eigenvalue weighted by Crippen LogP contribution is 2.31. The zero-order valence-corrected chi connectivity index (χ0v) is 24.9. The first-order chi connectivity index (χ1) is 19.9. The predicted molar refractivity (Wildman–Crippen MR) is 168 cm³/mol. The molecule has 41 heavy (non-hydrogen) atoms. The highest BCUT2D eigenvalue weighted by atomic mass is 16.5. The first kappa shape index (κ1) is 30.0. The van der Waals surface area contributed by atoms with E-state index in [0.717, 1.165) is 74.6 Å². The van der Waals surface area contributed by atoms with Crippen molar-refractivity contribution in [2.45, 2.75) is 52.5 Å². The van der Waals surface area contributed by atoms with Gasteiger partial charge in [-0.05, 0) is 55.7 Å². The zero-order chi connectivity index (χ0) is 29.2. The van der Waals surface area contributed by atoms with Crippen LogP contribution < -0.4 is 25.2 Å². The van der Waals surface area contributed by atoms with Crippen LogP contribution in [0.15, 0.2) is 72.8 Å². The second-order valence-corrected chi connectivity index (χ2v) is 10.7. The van der Waals surface area contributed by atoms with Crippen molar-refractivity contribution in [2.24, 2.45) is 5.92 Å². The zero-order valence-electron chi connectivity index (χ0n) is 24.9. The first-order valence-corrected chi connectivity index (χ1v) is 14.9. The molecule has 2 N–H and O–H groups in total. The predicted octanol–water partition coefficient (Wildman–Crippen LogP) is 6.67. The van der Waals surface area contributed by atoms with Crippen molar-refractivity contribution in [2.75, 3.05) is 48.4 Å². The summed E-state index contributed by atoms with van der Waals surface area (Å²) in [5.74, 6) is 0.689. The minimum absolute atomic E-state index is 0.0168. The van der Waals surface area contributed by atoms with Gasteiger partial charge in [0.05, 0.1) is 24.4 Å². The maximum Gasteiger partial charge on any atom is 0.253 e. The topological polar surface area (TPSA) is 73.9 Å². The molecule has 1 fully saturated rings. The molecule has 1 saturated heterocycles. The number of ether oxygens (including phenoxy) is 1. The highest BCUT2D eigenvalue weighted by molar-refractivity contribution is 6.02. The summed E-state index contributed by atoms with van der Waals surface area (Å²) in [7, 11) is 1.70. The summed E-state index contributed by atoms with van der Waals surface area (Å²) in [6.07, 6.45) is 3.75. The Hall–Kier alpha value is -4.00. The number of nitrogens with one attached hydrogen (secondary N) is 2. The van der Waals surface area contributed by atoms with Gasteiger partial charge < -0.3 is 25.2 Å². The number of carbonyl (C=O) groups is 2. The second-order valence-electron chi connectivity index (χ2n) is 10.7. The van der Waals surface area contributed by atoms with Gasteiger partial charge >= 0.3 is 0 Å². The molecule has 0 aliphatic carbocycles. The van der Waals surface area contributed by atoms with Gasteiger partial charge in [0.15, 0.2) is 0 Å². The van der Waals surface area contributed by atoms with E-state index < -0.39 is 0 Å². The molecule has 0 saturated carbocycles. The van der Waals surface area contributed by atoms with Crippen molar-refractivity contribution in [1.29, 1.82) is 0 Å². The molecule has 1 aliphatic heterocycles. The number of hydrogen-bond donors (Lipinski definition) is 2. The van der Waals surface area contributed by atoms with E-state index in [0.29, 0.717) is 11.3 Å². The molecule has 0 aromatic heterocycles. The van der Waals surface area contributed by atoms with Crippen LogP contribution in [0.25, 0.3) is 0 Å². The molecule has 218 valence electrons. The molecular formula is C34H44N4O3. The van der Waals surface area contributed by atoms with Gasteiger partial charge in [0.2, 0.25) is 5.91 Å². The third-order valence-electron chi connectivity index (χ3n) is 7.97. The van der Waals surface area contributed by atoms with Crippen molar-refractivity contribution in [3.63, 3.8) is 0 Å². The van der Waals surface area contributed by atoms with E-state index in [4.69, 9.17) is 4.74 Å². The smallest absolute Gasteiger partial charge is 0.253 e. The van der Waals surface area contributed by atoms with Gasteiger partial charge in [0, 0.05) is 43.5 Å². The summed E-state index contributed by atoms with van der Waals surface area (Å²) in [6, 6.07) is 23.6. The average molecular weight is 557 g/mol. The van der Waals surface area contributed by atoms with Crippen molar-refractivity contribution in [3.8, 4) is 5.75 Å². The number of nitrogens with zero attached hydrogens (tertiary/aromatic N) is 2. The summed E-state index contributed by atoms with van der Waals surface area (Å²) in [4.78, 5) is 31.4. The number of para-hydroxylation sites is 2. The number of methoxy groups -OCH3 is 1. The van der Waals surface area contributed by atoms with Crippen LogP contribution in [0.3, 0.4) is 0 Å². The first-order valence-electron chi connectivity index (χ1n) is 14.9. The standard InChI is InChI=1S/C34H44N4O3/c1-5-7-13-26(6-2)33(39)36-28-18-19-30(29(24-28)34(40)35-25(3)27-14-9-8-10-15-27)37-20-22-38(23-21-37)31-16-11-12-17-32(31)41-4/h8-12,14-19,24-26H,5-7,13,20-23H2,1-4H3,(H,35,40)(H,36,39). The quantitative estimate of drug-likeness (QED) is 0.261. The molecule has 2 amide bonds. The van der Waals surface area contributed by atoms with Crippen LogP contribution in [0.2, 0.25) is 0 Å². The molecular weight excluding hydrogens is 512 g/mol. The van der Waals surface area contributed by atoms with Crippen LogP contribution in [0.1, 0.15) is 68.4 Å². The molecule has 1 aliphatic rings. The summed E-state index contributed by atoms with van der Waals surface area (Å²) < 4.78 is 5.58. The Morgan fingerprint density at radius 2 is 1.54 bits per heavy atom. The van der Waals surface area contributed by atoms with Gasteiger partial charge in [-0.15, -0.1) is 0 Å². The average Bonchev–Trinajstić information content (AvgIpc) is 3.02. The van der Waals surface area contributed by atoms with Crippen LogP contribution in [0.4, 0.5) is 17.1 Å². The number of amides is 2. The van der Waals surface area contributed by atoms with Gasteiger partial charge in [-0.2, -0.15) is 0 Å². The van der Waals surface area contributed by atoms with E-state index in [1.807, 2.05) is 73.7 Å². The van der Waals surface area contributed by atoms with Crippen molar-refractivity contribution in [1.82, 2.24) is 5.32 Å². The van der Waals surface area contributed by atoms with Gasteiger partial charge in [-0.1, -0.05) is 69.2 Å². The summed E-state index contributed by atoms with van der Waals surface area (Å²) in [6.45, 7) is 9.30. The second kappa shape index (κ2) is 14.6. The number of rotatable bonds is 12. The van der Waals surface area contributed by atoms with E-state index in [1.165, 1.54) is 0 Å². The summed E-state index contributed by atoms with van der Waals surface area (Å²) >= 11 is 0. The maximum atomic E-state index is 13.8. The molecule has 7 nitrogen and oxygen atoms in total. The van der Waals surface area contributed by atoms with Gasteiger partial charge in [-0.3, -0.25) is 9.59 Å². The molecule has 3 aromatic carbocycles. The van der Waals surface area contributed by atoms with Gasteiger partial charge in [0.1, 0.15) is 5.75 Å². The number of hydrogen-bond acceptors (Lipinski definition) is 5. The number of benzene rings is 3. The number of piperazine rings is 1. The van der Waals surface area contributed by atoms with Crippen molar-refractivity contribution >= 4 is 28.9 Å². The minimum atomic E-state index is -0.157. The lowest BCUT2D eigenvalue weighted by Gasteiger charge is -2.38. The Morgan fingerprint density at radius 3 is 2.20 bits per heavy atom. The third kappa shape index (κ3) is 7.60. The summed E-state index contributed by atoms with van der Waals surface area (Å²) in [5.41, 5.74) is 4.21. The van der Waals surface area contributed by atoms with Crippen LogP contribution in [-0.4, -0.2) is 45.1 Å². The lowest BCUT2D eigenvalue weighted by molar-refractivity contribution is -0.120. The maximum absolute atomic E-state index is 13.8. The normalized spacial score (nSPS) is 14.7. The van der Waals surface area contributed by atoms with E-state index in [-0.39, 0.29) is 23.8 Å². The largest absolute Gasteiger partial charge is 0.495 e. The Morgan fingerprint density at radius 1 is 0.878 bits per heavy atom. The Balaban J connectivity index is 1.56. The molecule has 2 unspecified atom stereocenters. The fourth-order valence-electron chi connectivity index (χ4n) is 5.47. The van der Waals surface area contributed by atoms with Gasteiger partial charge in [0.25, 0.3) is 5.91 Å². The van der Waals surface area contributed by atoms with E-state index in [9.17, 15) is 9.59 Å². The van der Waals surface area contributed by atoms with Gasteiger partial charge in [-0.25, -0.2) is 0 Å². The molecule has 2 atom stereocenters. The highest BCUT2D eigenvalue weighted by Gasteiger charge is 2.25. The lowest BCUT2D eigenvalue weighted by atomic mass is 9.98. The van der Waals surface area contributed by atoms with Crippen LogP contribution in [0.5, 0.6) is 5.75 Å². The molecule has 0 bridgehead atoms. The van der Waals surface area contributed by atoms with Crippen molar-refractivity contribution < 1.29 is 14.3 Å². The van der Waals surface area contributed by atoms with E-state index in [2.05, 4.69) is 40.3 Å². The monoisotopic (exact) mass is 556 g/mol. The van der Waals surface area contributed by atoms with Crippen LogP contribution in [0, 0.1) is 5.92 Å². The molecule has 3 aromatic rings. The summed E-state index contributed by atoms with van der Waals surface area (Å²) in [5, 5.41) is 6.27. The molecule has 7 heteroatoms. The Labute approximate surface area is 244 Å².